The normalized spacial score (nSPS) is 13.1. The maximum absolute atomic E-state index is 12.6. The van der Waals surface area contributed by atoms with Gasteiger partial charge in [0, 0.05) is 5.69 Å². The average Bonchev–Trinajstić information content (AvgIpc) is 2.60. The van der Waals surface area contributed by atoms with Gasteiger partial charge in [0.25, 0.3) is 0 Å². The Bertz CT molecular complexity index is 680. The third-order valence-electron chi connectivity index (χ3n) is 4.14. The maximum Gasteiger partial charge on any atom is 0.310 e. The fourth-order valence-corrected chi connectivity index (χ4v) is 2.65. The van der Waals surface area contributed by atoms with Crippen molar-refractivity contribution in [2.24, 2.45) is 0 Å². The second-order valence-electron chi connectivity index (χ2n) is 5.92. The first-order valence-corrected chi connectivity index (χ1v) is 8.21. The van der Waals surface area contributed by atoms with Crippen LogP contribution in [0.15, 0.2) is 54.6 Å². The maximum atomic E-state index is 12.6. The van der Waals surface area contributed by atoms with Gasteiger partial charge in [-0.15, -0.1) is 0 Å². The predicted molar refractivity (Wildman–Crippen MR) is 95.2 cm³/mol. The van der Waals surface area contributed by atoms with Crippen LogP contribution in [-0.4, -0.2) is 17.0 Å². The number of hydrogen-bond acceptors (Lipinski definition) is 2. The van der Waals surface area contributed by atoms with E-state index in [0.29, 0.717) is 11.3 Å². The Morgan fingerprint density at radius 3 is 2.17 bits per heavy atom. The van der Waals surface area contributed by atoms with Gasteiger partial charge in [-0.1, -0.05) is 55.8 Å². The van der Waals surface area contributed by atoms with Crippen molar-refractivity contribution in [2.45, 2.75) is 38.5 Å². The van der Waals surface area contributed by atoms with Crippen LogP contribution >= 0.6 is 0 Å². The van der Waals surface area contributed by atoms with Gasteiger partial charge in [-0.05, 0) is 36.6 Å². The van der Waals surface area contributed by atoms with E-state index in [9.17, 15) is 9.59 Å². The monoisotopic (exact) mass is 325 g/mol. The molecule has 0 aliphatic carbocycles. The van der Waals surface area contributed by atoms with Gasteiger partial charge < -0.3 is 10.4 Å². The summed E-state index contributed by atoms with van der Waals surface area (Å²) < 4.78 is 0. The van der Waals surface area contributed by atoms with Gasteiger partial charge in [-0.25, -0.2) is 0 Å². The minimum Gasteiger partial charge on any atom is -0.481 e. The number of carboxylic acid groups (broad SMARTS) is 1. The van der Waals surface area contributed by atoms with Gasteiger partial charge in [0.15, 0.2) is 0 Å². The largest absolute Gasteiger partial charge is 0.481 e. The summed E-state index contributed by atoms with van der Waals surface area (Å²) >= 11 is 0. The molecule has 1 amide bonds. The molecule has 126 valence electrons. The molecule has 2 atom stereocenters. The van der Waals surface area contributed by atoms with Crippen LogP contribution in [0, 0.1) is 0 Å². The number of carboxylic acids is 1. The van der Waals surface area contributed by atoms with Gasteiger partial charge in [-0.3, -0.25) is 9.59 Å². The van der Waals surface area contributed by atoms with Gasteiger partial charge in [-0.2, -0.15) is 0 Å². The number of carbonyl (C=O) groups is 2. The molecule has 0 spiro atoms. The molecule has 0 fully saturated rings. The number of anilines is 1. The number of nitrogens with one attached hydrogen (secondary N) is 1. The fourth-order valence-electron chi connectivity index (χ4n) is 2.65. The zero-order valence-electron chi connectivity index (χ0n) is 14.0. The Balaban J connectivity index is 2.11. The van der Waals surface area contributed by atoms with Crippen molar-refractivity contribution in [1.29, 1.82) is 0 Å². The van der Waals surface area contributed by atoms with E-state index in [-0.39, 0.29) is 11.8 Å². The van der Waals surface area contributed by atoms with Crippen molar-refractivity contribution in [3.05, 3.63) is 65.7 Å². The summed E-state index contributed by atoms with van der Waals surface area (Å²) in [5.41, 5.74) is 2.40. The standard InChI is InChI=1S/C20H23NO3/c1-3-7-18(16-8-5-4-6-9-16)19(22)21-17-12-10-15(11-13-17)14(2)20(23)24/h4-6,8-14,18H,3,7H2,1-2H3,(H,21,22)(H,23,24). The van der Waals surface area contributed by atoms with Crippen molar-refractivity contribution in [1.82, 2.24) is 0 Å². The molecule has 0 bridgehead atoms. The van der Waals surface area contributed by atoms with Crippen LogP contribution in [0.25, 0.3) is 0 Å². The Hall–Kier alpha value is -2.62. The molecule has 0 aromatic heterocycles. The van der Waals surface area contributed by atoms with Crippen LogP contribution in [0.1, 0.15) is 49.7 Å². The second-order valence-corrected chi connectivity index (χ2v) is 5.92. The summed E-state index contributed by atoms with van der Waals surface area (Å²) in [6.07, 6.45) is 1.70. The summed E-state index contributed by atoms with van der Waals surface area (Å²) in [5, 5.41) is 12.0. The van der Waals surface area contributed by atoms with Crippen LogP contribution in [0.3, 0.4) is 0 Å². The molecule has 4 nitrogen and oxygen atoms in total. The Morgan fingerprint density at radius 1 is 1.00 bits per heavy atom. The topological polar surface area (TPSA) is 66.4 Å². The molecule has 2 unspecified atom stereocenters. The molecule has 0 saturated carbocycles. The fraction of sp³-hybridized carbons (Fsp3) is 0.300. The van der Waals surface area contributed by atoms with Gasteiger partial charge in [0.1, 0.15) is 0 Å². The molecule has 4 heteroatoms. The summed E-state index contributed by atoms with van der Waals surface area (Å²) in [6, 6.07) is 16.7. The number of rotatable bonds is 7. The average molecular weight is 325 g/mol. The zero-order valence-corrected chi connectivity index (χ0v) is 14.0. The molecule has 0 saturated heterocycles. The molecule has 2 rings (SSSR count). The minimum absolute atomic E-state index is 0.0397. The first-order chi connectivity index (χ1) is 11.5. The molecule has 0 aliphatic rings. The molecule has 0 heterocycles. The molecule has 2 N–H and O–H groups in total. The van der Waals surface area contributed by atoms with Crippen molar-refractivity contribution in [3.63, 3.8) is 0 Å². The third-order valence-corrected chi connectivity index (χ3v) is 4.14. The van der Waals surface area contributed by atoms with Gasteiger partial charge in [0.2, 0.25) is 5.91 Å². The first-order valence-electron chi connectivity index (χ1n) is 8.21. The number of carbonyl (C=O) groups excluding carboxylic acids is 1. The Morgan fingerprint density at radius 2 is 1.62 bits per heavy atom. The van der Waals surface area contributed by atoms with Crippen LogP contribution < -0.4 is 5.32 Å². The Labute approximate surface area is 142 Å². The number of hydrogen-bond donors (Lipinski definition) is 2. The lowest BCUT2D eigenvalue weighted by molar-refractivity contribution is -0.138. The van der Waals surface area contributed by atoms with E-state index in [1.807, 2.05) is 30.3 Å². The summed E-state index contributed by atoms with van der Waals surface area (Å²) in [4.78, 5) is 23.6. The Kier molecular flexibility index (Phi) is 6.13. The van der Waals surface area contributed by atoms with E-state index < -0.39 is 11.9 Å². The van der Waals surface area contributed by atoms with Crippen LogP contribution in [0.2, 0.25) is 0 Å². The molecule has 0 aliphatic heterocycles. The SMILES string of the molecule is CCCC(C(=O)Nc1ccc(C(C)C(=O)O)cc1)c1ccccc1. The zero-order chi connectivity index (χ0) is 17.5. The number of aliphatic carboxylic acids is 1. The van der Waals surface area contributed by atoms with E-state index in [4.69, 9.17) is 5.11 Å². The molecular weight excluding hydrogens is 302 g/mol. The minimum atomic E-state index is -0.862. The van der Waals surface area contributed by atoms with Crippen LogP contribution in [-0.2, 0) is 9.59 Å². The lowest BCUT2D eigenvalue weighted by Crippen LogP contribution is -2.21. The van der Waals surface area contributed by atoms with Crippen molar-refractivity contribution in [2.75, 3.05) is 5.32 Å². The van der Waals surface area contributed by atoms with Gasteiger partial charge >= 0.3 is 5.97 Å². The van der Waals surface area contributed by atoms with E-state index in [1.54, 1.807) is 31.2 Å². The van der Waals surface area contributed by atoms with Crippen LogP contribution in [0.5, 0.6) is 0 Å². The highest BCUT2D eigenvalue weighted by Crippen LogP contribution is 2.24. The second kappa shape index (κ2) is 8.29. The molecule has 2 aromatic rings. The summed E-state index contributed by atoms with van der Waals surface area (Å²) in [5.74, 6) is -1.65. The molecular formula is C20H23NO3. The predicted octanol–water partition coefficient (Wildman–Crippen LogP) is 4.40. The third kappa shape index (κ3) is 4.44. The first kappa shape index (κ1) is 17.7. The van der Waals surface area contributed by atoms with E-state index in [2.05, 4.69) is 12.2 Å². The van der Waals surface area contributed by atoms with Crippen molar-refractivity contribution < 1.29 is 14.7 Å². The van der Waals surface area contributed by atoms with Gasteiger partial charge in [0.05, 0.1) is 11.8 Å². The lowest BCUT2D eigenvalue weighted by atomic mass is 9.93. The molecule has 24 heavy (non-hydrogen) atoms. The van der Waals surface area contributed by atoms with Crippen molar-refractivity contribution >= 4 is 17.6 Å². The highest BCUT2D eigenvalue weighted by Gasteiger charge is 2.20. The highest BCUT2D eigenvalue weighted by atomic mass is 16.4. The smallest absolute Gasteiger partial charge is 0.310 e. The molecule has 2 aromatic carbocycles. The van der Waals surface area contributed by atoms with E-state index in [0.717, 1.165) is 18.4 Å². The van der Waals surface area contributed by atoms with Crippen molar-refractivity contribution in [3.8, 4) is 0 Å². The molecule has 0 radical (unpaired) electrons. The van der Waals surface area contributed by atoms with E-state index in [1.165, 1.54) is 0 Å². The summed E-state index contributed by atoms with van der Waals surface area (Å²) in [7, 11) is 0. The number of benzene rings is 2. The highest BCUT2D eigenvalue weighted by molar-refractivity contribution is 5.95. The number of amides is 1. The quantitative estimate of drug-likeness (QED) is 0.793. The lowest BCUT2D eigenvalue weighted by Gasteiger charge is -2.17. The summed E-state index contributed by atoms with van der Waals surface area (Å²) in [6.45, 7) is 3.70. The van der Waals surface area contributed by atoms with Crippen LogP contribution in [0.4, 0.5) is 5.69 Å². The van der Waals surface area contributed by atoms with E-state index >= 15 is 0 Å².